The minimum atomic E-state index is 0.0837. The Morgan fingerprint density at radius 1 is 1.42 bits per heavy atom. The lowest BCUT2D eigenvalue weighted by atomic mass is 10.1. The summed E-state index contributed by atoms with van der Waals surface area (Å²) in [6.45, 7) is 2.66. The quantitative estimate of drug-likeness (QED) is 0.904. The Labute approximate surface area is 121 Å². The molecule has 4 atom stereocenters. The summed E-state index contributed by atoms with van der Waals surface area (Å²) in [6, 6.07) is 8.54. The molecular weight excluding hydrogens is 306 g/mol. The summed E-state index contributed by atoms with van der Waals surface area (Å²) in [7, 11) is 0. The van der Waals surface area contributed by atoms with Crippen LogP contribution in [0.3, 0.4) is 0 Å². The van der Waals surface area contributed by atoms with E-state index in [9.17, 15) is 4.79 Å². The number of carbonyl (C=O) groups is 1. The molecule has 1 N–H and O–H groups in total. The van der Waals surface area contributed by atoms with Crippen LogP contribution in [0.15, 0.2) is 28.7 Å². The highest BCUT2D eigenvalue weighted by Gasteiger charge is 2.47. The van der Waals surface area contributed by atoms with Gasteiger partial charge in [-0.05, 0) is 31.4 Å². The van der Waals surface area contributed by atoms with E-state index in [1.54, 1.807) is 0 Å². The molecule has 2 aliphatic rings. The Morgan fingerprint density at radius 3 is 2.95 bits per heavy atom. The highest BCUT2D eigenvalue weighted by Crippen LogP contribution is 2.44. The second-order valence-electron chi connectivity index (χ2n) is 5.31. The lowest BCUT2D eigenvalue weighted by molar-refractivity contribution is -0.123. The average molecular weight is 324 g/mol. The molecule has 1 amide bonds. The summed E-state index contributed by atoms with van der Waals surface area (Å²) in [5.41, 5.74) is 1.30. The zero-order valence-corrected chi connectivity index (χ0v) is 12.5. The topological polar surface area (TPSA) is 38.3 Å². The van der Waals surface area contributed by atoms with E-state index < -0.39 is 0 Å². The fraction of sp³-hybridized carbons (Fsp3) is 0.533. The van der Waals surface area contributed by atoms with Gasteiger partial charge in [0.05, 0.1) is 12.0 Å². The van der Waals surface area contributed by atoms with E-state index in [0.29, 0.717) is 18.6 Å². The minimum Gasteiger partial charge on any atom is -0.378 e. The number of amides is 1. The Hall–Kier alpha value is -0.870. The second kappa shape index (κ2) is 5.25. The Morgan fingerprint density at radius 2 is 2.21 bits per heavy atom. The largest absolute Gasteiger partial charge is 0.378 e. The Balaban J connectivity index is 1.52. The fourth-order valence-corrected chi connectivity index (χ4v) is 3.19. The first-order chi connectivity index (χ1) is 9.20. The molecule has 0 spiro atoms. The fourth-order valence-electron chi connectivity index (χ4n) is 2.61. The first-order valence-corrected chi connectivity index (χ1v) is 7.66. The van der Waals surface area contributed by atoms with Crippen LogP contribution in [0.4, 0.5) is 0 Å². The average Bonchev–Trinajstić information content (AvgIpc) is 3.27. The van der Waals surface area contributed by atoms with Crippen molar-refractivity contribution in [2.75, 3.05) is 6.61 Å². The highest BCUT2D eigenvalue weighted by molar-refractivity contribution is 9.10. The van der Waals surface area contributed by atoms with Gasteiger partial charge >= 0.3 is 0 Å². The van der Waals surface area contributed by atoms with E-state index in [2.05, 4.69) is 33.4 Å². The third kappa shape index (κ3) is 2.84. The third-order valence-electron chi connectivity index (χ3n) is 3.87. The maximum Gasteiger partial charge on any atom is 0.226 e. The van der Waals surface area contributed by atoms with Gasteiger partial charge in [-0.25, -0.2) is 0 Å². The molecule has 2 fully saturated rings. The van der Waals surface area contributed by atoms with Crippen molar-refractivity contribution >= 4 is 21.8 Å². The molecule has 0 bridgehead atoms. The van der Waals surface area contributed by atoms with Crippen molar-refractivity contribution in [3.8, 4) is 0 Å². The van der Waals surface area contributed by atoms with Gasteiger partial charge in [-0.15, -0.1) is 0 Å². The standard InChI is InChI=1S/C15H18BrNO2/c1-2-19-14-8-11(14)15(18)17-13-7-10(13)9-5-3-4-6-12(9)16/h3-6,10-11,13-14H,2,7-8H2,1H3,(H,17,18)/t10-,11-,13+,14+/m0/s1. The van der Waals surface area contributed by atoms with Gasteiger partial charge in [0, 0.05) is 23.0 Å². The van der Waals surface area contributed by atoms with Gasteiger partial charge in [0.15, 0.2) is 0 Å². The number of carbonyl (C=O) groups excluding carboxylic acids is 1. The monoisotopic (exact) mass is 323 g/mol. The van der Waals surface area contributed by atoms with Crippen molar-refractivity contribution in [3.05, 3.63) is 34.3 Å². The summed E-state index contributed by atoms with van der Waals surface area (Å²) >= 11 is 3.57. The first-order valence-electron chi connectivity index (χ1n) is 6.87. The van der Waals surface area contributed by atoms with E-state index in [0.717, 1.165) is 17.3 Å². The predicted octanol–water partition coefficient (Wildman–Crippen LogP) is 2.85. The van der Waals surface area contributed by atoms with E-state index in [4.69, 9.17) is 4.74 Å². The third-order valence-corrected chi connectivity index (χ3v) is 4.59. The second-order valence-corrected chi connectivity index (χ2v) is 6.17. The summed E-state index contributed by atoms with van der Waals surface area (Å²) < 4.78 is 6.59. The summed E-state index contributed by atoms with van der Waals surface area (Å²) in [6.07, 6.45) is 2.08. The molecule has 0 aliphatic heterocycles. The van der Waals surface area contributed by atoms with Crippen LogP contribution in [0.25, 0.3) is 0 Å². The zero-order valence-electron chi connectivity index (χ0n) is 10.9. The Kier molecular flexibility index (Phi) is 3.63. The predicted molar refractivity (Wildman–Crippen MR) is 77.0 cm³/mol. The first kappa shape index (κ1) is 13.1. The van der Waals surface area contributed by atoms with Crippen LogP contribution < -0.4 is 5.32 Å². The van der Waals surface area contributed by atoms with Crippen LogP contribution in [0.1, 0.15) is 31.2 Å². The molecule has 2 aliphatic carbocycles. The molecule has 1 aromatic carbocycles. The van der Waals surface area contributed by atoms with Crippen molar-refractivity contribution < 1.29 is 9.53 Å². The van der Waals surface area contributed by atoms with Crippen molar-refractivity contribution in [2.24, 2.45) is 5.92 Å². The molecule has 1 aromatic rings. The number of rotatable bonds is 5. The zero-order chi connectivity index (χ0) is 13.4. The molecule has 4 heteroatoms. The molecule has 19 heavy (non-hydrogen) atoms. The van der Waals surface area contributed by atoms with Crippen LogP contribution in [0.5, 0.6) is 0 Å². The van der Waals surface area contributed by atoms with Gasteiger partial charge in [-0.2, -0.15) is 0 Å². The minimum absolute atomic E-state index is 0.0837. The van der Waals surface area contributed by atoms with Crippen LogP contribution >= 0.6 is 15.9 Å². The normalized spacial score (nSPS) is 31.9. The molecule has 0 saturated heterocycles. The smallest absolute Gasteiger partial charge is 0.226 e. The van der Waals surface area contributed by atoms with Crippen LogP contribution in [0, 0.1) is 5.92 Å². The number of halogens is 1. The van der Waals surface area contributed by atoms with E-state index in [1.807, 2.05) is 19.1 Å². The van der Waals surface area contributed by atoms with Crippen LogP contribution in [-0.2, 0) is 9.53 Å². The number of hydrogen-bond donors (Lipinski definition) is 1. The van der Waals surface area contributed by atoms with E-state index in [-0.39, 0.29) is 17.9 Å². The number of nitrogens with one attached hydrogen (secondary N) is 1. The number of ether oxygens (including phenoxy) is 1. The van der Waals surface area contributed by atoms with Gasteiger partial charge in [0.1, 0.15) is 0 Å². The SMILES string of the molecule is CCO[C@@H]1C[C@@H]1C(=O)N[C@@H]1C[C@H]1c1ccccc1Br. The van der Waals surface area contributed by atoms with Crippen molar-refractivity contribution in [2.45, 2.75) is 37.8 Å². The number of benzene rings is 1. The van der Waals surface area contributed by atoms with E-state index in [1.165, 1.54) is 5.56 Å². The molecular formula is C15H18BrNO2. The van der Waals surface area contributed by atoms with Crippen LogP contribution in [-0.4, -0.2) is 24.7 Å². The van der Waals surface area contributed by atoms with Crippen molar-refractivity contribution in [3.63, 3.8) is 0 Å². The van der Waals surface area contributed by atoms with E-state index >= 15 is 0 Å². The number of hydrogen-bond acceptors (Lipinski definition) is 2. The summed E-state index contributed by atoms with van der Waals surface area (Å²) in [5, 5.41) is 3.14. The Bertz CT molecular complexity index is 491. The van der Waals surface area contributed by atoms with Gasteiger partial charge in [0.2, 0.25) is 5.91 Å². The summed E-state index contributed by atoms with van der Waals surface area (Å²) in [5.74, 6) is 0.710. The van der Waals surface area contributed by atoms with Crippen LogP contribution in [0.2, 0.25) is 0 Å². The molecule has 3 nitrogen and oxygen atoms in total. The van der Waals surface area contributed by atoms with Gasteiger partial charge < -0.3 is 10.1 Å². The molecule has 3 rings (SSSR count). The molecule has 0 aromatic heterocycles. The molecule has 0 heterocycles. The van der Waals surface area contributed by atoms with Crippen molar-refractivity contribution in [1.82, 2.24) is 5.32 Å². The van der Waals surface area contributed by atoms with Gasteiger partial charge in [-0.3, -0.25) is 4.79 Å². The lowest BCUT2D eigenvalue weighted by Gasteiger charge is -2.06. The maximum absolute atomic E-state index is 12.0. The van der Waals surface area contributed by atoms with Gasteiger partial charge in [0.25, 0.3) is 0 Å². The van der Waals surface area contributed by atoms with Crippen molar-refractivity contribution in [1.29, 1.82) is 0 Å². The summed E-state index contributed by atoms with van der Waals surface area (Å²) in [4.78, 5) is 12.0. The molecule has 0 unspecified atom stereocenters. The molecule has 102 valence electrons. The maximum atomic E-state index is 12.0. The molecule has 0 radical (unpaired) electrons. The van der Waals surface area contributed by atoms with Gasteiger partial charge in [-0.1, -0.05) is 34.1 Å². The molecule has 2 saturated carbocycles. The lowest BCUT2D eigenvalue weighted by Crippen LogP contribution is -2.29. The highest BCUT2D eigenvalue weighted by atomic mass is 79.9.